The van der Waals surface area contributed by atoms with E-state index in [1.54, 1.807) is 0 Å². The topological polar surface area (TPSA) is 28.1 Å². The van der Waals surface area contributed by atoms with Crippen LogP contribution in [0.25, 0.3) is 0 Å². The van der Waals surface area contributed by atoms with E-state index in [9.17, 15) is 4.39 Å². The Balaban J connectivity index is 1.49. The number of halogens is 1. The number of hydrogen-bond donors (Lipinski definition) is 0. The van der Waals surface area contributed by atoms with Crippen LogP contribution >= 0.6 is 0 Å². The Bertz CT molecular complexity index is 563. The fraction of sp³-hybridized carbons (Fsp3) is 0.682. The van der Waals surface area contributed by atoms with Crippen LogP contribution in [0.15, 0.2) is 29.4 Å². The molecule has 1 aromatic carbocycles. The van der Waals surface area contributed by atoms with E-state index >= 15 is 0 Å². The predicted octanol–water partition coefficient (Wildman–Crippen LogP) is 4.30. The van der Waals surface area contributed by atoms with Crippen LogP contribution in [0, 0.1) is 5.82 Å². The predicted molar refractivity (Wildman–Crippen MR) is 109 cm³/mol. The molecular weight excluding hydrogens is 341 g/mol. The van der Waals surface area contributed by atoms with Gasteiger partial charge in [0.05, 0.1) is 5.71 Å². The largest absolute Gasteiger partial charge is 0.394 e. The van der Waals surface area contributed by atoms with Crippen LogP contribution in [0.1, 0.15) is 56.9 Å². The molecule has 0 atom stereocenters. The molecule has 0 aliphatic carbocycles. The van der Waals surface area contributed by atoms with Crippen LogP contribution < -0.4 is 0 Å². The lowest BCUT2D eigenvalue weighted by atomic mass is 10.0. The number of rotatable bonds is 9. The minimum atomic E-state index is -0.211. The third kappa shape index (κ3) is 7.23. The molecule has 0 bridgehead atoms. The first kappa shape index (κ1) is 20.3. The molecule has 0 amide bonds. The summed E-state index contributed by atoms with van der Waals surface area (Å²) in [6, 6.07) is 6.62. The van der Waals surface area contributed by atoms with Crippen molar-refractivity contribution in [1.82, 2.24) is 9.80 Å². The molecule has 5 heteroatoms. The van der Waals surface area contributed by atoms with Gasteiger partial charge in [-0.2, -0.15) is 0 Å². The van der Waals surface area contributed by atoms with Crippen molar-refractivity contribution >= 4 is 5.71 Å². The van der Waals surface area contributed by atoms with Crippen molar-refractivity contribution < 1.29 is 9.23 Å². The highest BCUT2D eigenvalue weighted by atomic mass is 19.1. The van der Waals surface area contributed by atoms with E-state index in [2.05, 4.69) is 15.0 Å². The lowest BCUT2D eigenvalue weighted by Crippen LogP contribution is -2.32. The summed E-state index contributed by atoms with van der Waals surface area (Å²) >= 11 is 0. The van der Waals surface area contributed by atoms with Gasteiger partial charge in [0.2, 0.25) is 0 Å². The van der Waals surface area contributed by atoms with Crippen molar-refractivity contribution in [3.63, 3.8) is 0 Å². The Kier molecular flexibility index (Phi) is 8.56. The van der Waals surface area contributed by atoms with Gasteiger partial charge in [-0.1, -0.05) is 30.1 Å². The maximum Gasteiger partial charge on any atom is 0.129 e. The third-order valence-corrected chi connectivity index (χ3v) is 5.64. The summed E-state index contributed by atoms with van der Waals surface area (Å²) in [4.78, 5) is 10.7. The van der Waals surface area contributed by atoms with E-state index in [1.807, 2.05) is 12.1 Å². The molecular formula is C22H34FN3O. The molecule has 0 radical (unpaired) electrons. The first-order chi connectivity index (χ1) is 13.3. The molecule has 4 nitrogen and oxygen atoms in total. The minimum Gasteiger partial charge on any atom is -0.394 e. The zero-order valence-corrected chi connectivity index (χ0v) is 16.5. The number of piperidine rings is 2. The molecule has 0 saturated carbocycles. The molecule has 2 aliphatic rings. The highest BCUT2D eigenvalue weighted by molar-refractivity contribution is 6.00. The third-order valence-electron chi connectivity index (χ3n) is 5.64. The van der Waals surface area contributed by atoms with Gasteiger partial charge in [0, 0.05) is 6.54 Å². The van der Waals surface area contributed by atoms with Crippen molar-refractivity contribution in [2.75, 3.05) is 45.9 Å². The maximum absolute atomic E-state index is 13.3. The van der Waals surface area contributed by atoms with E-state index < -0.39 is 0 Å². The molecule has 0 unspecified atom stereocenters. The van der Waals surface area contributed by atoms with Crippen molar-refractivity contribution in [3.8, 4) is 0 Å². The Labute approximate surface area is 163 Å². The highest BCUT2D eigenvalue weighted by Crippen LogP contribution is 2.13. The van der Waals surface area contributed by atoms with Gasteiger partial charge in [-0.15, -0.1) is 0 Å². The lowest BCUT2D eigenvalue weighted by molar-refractivity contribution is 0.102. The molecule has 0 aromatic heterocycles. The van der Waals surface area contributed by atoms with E-state index in [-0.39, 0.29) is 5.82 Å². The second kappa shape index (κ2) is 11.4. The van der Waals surface area contributed by atoms with E-state index in [1.165, 1.54) is 76.8 Å². The first-order valence-corrected chi connectivity index (χ1v) is 10.7. The number of likely N-dealkylation sites (tertiary alicyclic amines) is 2. The average molecular weight is 376 g/mol. The van der Waals surface area contributed by atoms with Gasteiger partial charge in [-0.3, -0.25) is 4.90 Å². The molecule has 3 rings (SSSR count). The standard InChI is InChI=1S/C22H34FN3O/c23-21-11-9-20(10-12-21)22(8-7-17-25-13-3-1-4-14-25)24-27-19-18-26-15-5-2-6-16-26/h9-12H,1-8,13-19H2/b24-22-. The quantitative estimate of drug-likeness (QED) is 0.366. The van der Waals surface area contributed by atoms with Gasteiger partial charge in [0.1, 0.15) is 12.4 Å². The number of nitrogens with zero attached hydrogens (tertiary/aromatic N) is 3. The van der Waals surface area contributed by atoms with Crippen molar-refractivity contribution in [2.24, 2.45) is 5.16 Å². The zero-order valence-electron chi connectivity index (χ0n) is 16.5. The van der Waals surface area contributed by atoms with Crippen molar-refractivity contribution in [2.45, 2.75) is 51.4 Å². The maximum atomic E-state index is 13.3. The molecule has 150 valence electrons. The Morgan fingerprint density at radius 1 is 0.852 bits per heavy atom. The van der Waals surface area contributed by atoms with Crippen molar-refractivity contribution in [3.05, 3.63) is 35.6 Å². The first-order valence-electron chi connectivity index (χ1n) is 10.7. The van der Waals surface area contributed by atoms with E-state index in [0.717, 1.165) is 37.2 Å². The molecule has 27 heavy (non-hydrogen) atoms. The van der Waals surface area contributed by atoms with Crippen LogP contribution in [0.4, 0.5) is 4.39 Å². The van der Waals surface area contributed by atoms with Gasteiger partial charge in [-0.05, 0) is 88.9 Å². The second-order valence-electron chi connectivity index (χ2n) is 7.79. The number of benzene rings is 1. The molecule has 0 spiro atoms. The summed E-state index contributed by atoms with van der Waals surface area (Å²) in [5.41, 5.74) is 1.90. The minimum absolute atomic E-state index is 0.211. The van der Waals surface area contributed by atoms with Gasteiger partial charge >= 0.3 is 0 Å². The summed E-state index contributed by atoms with van der Waals surface area (Å²) in [5, 5.41) is 4.44. The van der Waals surface area contributed by atoms with Gasteiger partial charge in [0.15, 0.2) is 0 Å². The summed E-state index contributed by atoms with van der Waals surface area (Å²) in [6.45, 7) is 7.45. The Morgan fingerprint density at radius 2 is 1.44 bits per heavy atom. The SMILES string of the molecule is Fc1ccc(/C(CCCN2CCCCC2)=N\OCCN2CCCCC2)cc1. The van der Waals surface area contributed by atoms with E-state index in [4.69, 9.17) is 4.84 Å². The van der Waals surface area contributed by atoms with Crippen LogP contribution in [0.3, 0.4) is 0 Å². The van der Waals surface area contributed by atoms with Crippen molar-refractivity contribution in [1.29, 1.82) is 0 Å². The summed E-state index contributed by atoms with van der Waals surface area (Å²) in [5.74, 6) is -0.211. The van der Waals surface area contributed by atoms with Crippen LogP contribution in [0.5, 0.6) is 0 Å². The van der Waals surface area contributed by atoms with Crippen LogP contribution in [-0.2, 0) is 4.84 Å². The molecule has 0 N–H and O–H groups in total. The fourth-order valence-corrected chi connectivity index (χ4v) is 4.01. The smallest absolute Gasteiger partial charge is 0.129 e. The molecule has 1 aromatic rings. The summed E-state index contributed by atoms with van der Waals surface area (Å²) in [6.07, 6.45) is 9.86. The Hall–Kier alpha value is -1.46. The van der Waals surface area contributed by atoms with Crippen LogP contribution in [0.2, 0.25) is 0 Å². The lowest BCUT2D eigenvalue weighted by Gasteiger charge is -2.26. The average Bonchev–Trinajstić information content (AvgIpc) is 2.72. The number of hydrogen-bond acceptors (Lipinski definition) is 4. The fourth-order valence-electron chi connectivity index (χ4n) is 4.01. The summed E-state index contributed by atoms with van der Waals surface area (Å²) < 4.78 is 13.3. The van der Waals surface area contributed by atoms with Gasteiger partial charge in [-0.25, -0.2) is 4.39 Å². The van der Waals surface area contributed by atoms with Gasteiger partial charge < -0.3 is 9.74 Å². The monoisotopic (exact) mass is 375 g/mol. The second-order valence-corrected chi connectivity index (χ2v) is 7.79. The normalized spacial score (nSPS) is 20.0. The molecule has 2 heterocycles. The number of oxime groups is 1. The summed E-state index contributed by atoms with van der Waals surface area (Å²) in [7, 11) is 0. The molecule has 2 saturated heterocycles. The molecule has 2 aliphatic heterocycles. The molecule has 2 fully saturated rings. The zero-order chi connectivity index (χ0) is 18.7. The Morgan fingerprint density at radius 3 is 2.07 bits per heavy atom. The highest BCUT2D eigenvalue weighted by Gasteiger charge is 2.12. The van der Waals surface area contributed by atoms with Gasteiger partial charge in [0.25, 0.3) is 0 Å². The van der Waals surface area contributed by atoms with E-state index in [0.29, 0.717) is 6.61 Å². The van der Waals surface area contributed by atoms with Crippen LogP contribution in [-0.4, -0.2) is 61.4 Å².